The van der Waals surface area contributed by atoms with Gasteiger partial charge < -0.3 is 10.1 Å². The largest absolute Gasteiger partial charge is 0.381 e. The first-order valence-electron chi connectivity index (χ1n) is 6.13. The van der Waals surface area contributed by atoms with Gasteiger partial charge in [0.15, 0.2) is 0 Å². The third-order valence-corrected chi connectivity index (χ3v) is 3.21. The van der Waals surface area contributed by atoms with E-state index in [1.807, 2.05) is 10.9 Å². The lowest BCUT2D eigenvalue weighted by molar-refractivity contribution is 0.184. The lowest BCUT2D eigenvalue weighted by Crippen LogP contribution is -2.25. The third kappa shape index (κ3) is 2.83. The molecule has 0 amide bonds. The molecule has 90 valence electrons. The molecule has 16 heavy (non-hydrogen) atoms. The van der Waals surface area contributed by atoms with Crippen LogP contribution < -0.4 is 5.32 Å². The maximum atomic E-state index is 5.36. The van der Waals surface area contributed by atoms with E-state index in [1.165, 1.54) is 12.0 Å². The zero-order valence-electron chi connectivity index (χ0n) is 10.1. The Morgan fingerprint density at radius 1 is 1.69 bits per heavy atom. The maximum Gasteiger partial charge on any atom is 0.0537 e. The quantitative estimate of drug-likeness (QED) is 0.824. The van der Waals surface area contributed by atoms with Crippen molar-refractivity contribution in [2.45, 2.75) is 32.9 Å². The van der Waals surface area contributed by atoms with Crippen LogP contribution in [0.25, 0.3) is 0 Å². The van der Waals surface area contributed by atoms with Crippen molar-refractivity contribution in [1.29, 1.82) is 0 Å². The molecule has 0 aromatic carbocycles. The van der Waals surface area contributed by atoms with E-state index in [-0.39, 0.29) is 0 Å². The first-order valence-corrected chi connectivity index (χ1v) is 6.13. The van der Waals surface area contributed by atoms with Crippen molar-refractivity contribution in [2.24, 2.45) is 5.92 Å². The number of aryl methyl sites for hydroxylation is 1. The summed E-state index contributed by atoms with van der Waals surface area (Å²) in [5.74, 6) is 0.684. The van der Waals surface area contributed by atoms with E-state index in [4.69, 9.17) is 4.74 Å². The van der Waals surface area contributed by atoms with Gasteiger partial charge >= 0.3 is 0 Å². The van der Waals surface area contributed by atoms with E-state index < -0.39 is 0 Å². The van der Waals surface area contributed by atoms with Crippen LogP contribution in [0.3, 0.4) is 0 Å². The zero-order valence-corrected chi connectivity index (χ0v) is 10.1. The second-order valence-electron chi connectivity index (χ2n) is 4.49. The molecule has 0 spiro atoms. The van der Waals surface area contributed by atoms with Gasteiger partial charge in [-0.05, 0) is 26.2 Å². The minimum Gasteiger partial charge on any atom is -0.381 e. The highest BCUT2D eigenvalue weighted by Crippen LogP contribution is 2.15. The normalized spacial score (nSPS) is 22.5. The fourth-order valence-electron chi connectivity index (χ4n) is 1.98. The van der Waals surface area contributed by atoms with Gasteiger partial charge in [0.1, 0.15) is 0 Å². The molecule has 2 atom stereocenters. The van der Waals surface area contributed by atoms with E-state index in [2.05, 4.69) is 30.5 Å². The molecular formula is C12H21N3O. The van der Waals surface area contributed by atoms with Crippen molar-refractivity contribution >= 4 is 0 Å². The Kier molecular flexibility index (Phi) is 3.96. The molecule has 2 rings (SSSR count). The molecule has 1 aromatic heterocycles. The first kappa shape index (κ1) is 11.6. The number of rotatable bonds is 5. The van der Waals surface area contributed by atoms with Gasteiger partial charge in [0.2, 0.25) is 0 Å². The summed E-state index contributed by atoms with van der Waals surface area (Å²) in [5, 5.41) is 7.83. The Morgan fingerprint density at radius 3 is 3.19 bits per heavy atom. The molecule has 0 aliphatic carbocycles. The lowest BCUT2D eigenvalue weighted by Gasteiger charge is -2.14. The summed E-state index contributed by atoms with van der Waals surface area (Å²) < 4.78 is 7.32. The molecule has 0 radical (unpaired) electrons. The number of ether oxygens (including phenoxy) is 1. The second kappa shape index (κ2) is 5.46. The summed E-state index contributed by atoms with van der Waals surface area (Å²) >= 11 is 0. The van der Waals surface area contributed by atoms with Crippen molar-refractivity contribution in [1.82, 2.24) is 15.1 Å². The van der Waals surface area contributed by atoms with Gasteiger partial charge in [0.25, 0.3) is 0 Å². The van der Waals surface area contributed by atoms with Crippen LogP contribution in [-0.2, 0) is 11.3 Å². The van der Waals surface area contributed by atoms with Gasteiger partial charge in [0.05, 0.1) is 12.8 Å². The Morgan fingerprint density at radius 2 is 2.56 bits per heavy atom. The zero-order chi connectivity index (χ0) is 11.4. The van der Waals surface area contributed by atoms with Gasteiger partial charge in [-0.15, -0.1) is 0 Å². The van der Waals surface area contributed by atoms with Gasteiger partial charge in [-0.3, -0.25) is 4.68 Å². The predicted octanol–water partition coefficient (Wildman–Crippen LogP) is 1.59. The molecule has 4 heteroatoms. The summed E-state index contributed by atoms with van der Waals surface area (Å²) in [6.45, 7) is 8.10. The van der Waals surface area contributed by atoms with Crippen molar-refractivity contribution in [2.75, 3.05) is 19.8 Å². The number of nitrogens with zero attached hydrogens (tertiary/aromatic N) is 2. The highest BCUT2D eigenvalue weighted by Gasteiger charge is 2.16. The summed E-state index contributed by atoms with van der Waals surface area (Å²) in [6, 6.07) is 0.376. The van der Waals surface area contributed by atoms with Crippen LogP contribution in [-0.4, -0.2) is 29.5 Å². The Bertz CT molecular complexity index is 318. The standard InChI is InChI=1S/C12H21N3O/c1-3-15-8-12(7-14-15)10(2)13-6-11-4-5-16-9-11/h7-8,10-11,13H,3-6,9H2,1-2H3. The second-order valence-corrected chi connectivity index (χ2v) is 4.49. The summed E-state index contributed by atoms with van der Waals surface area (Å²) in [7, 11) is 0. The molecule has 1 aromatic rings. The summed E-state index contributed by atoms with van der Waals surface area (Å²) in [5.41, 5.74) is 1.26. The van der Waals surface area contributed by atoms with Gasteiger partial charge in [-0.1, -0.05) is 0 Å². The van der Waals surface area contributed by atoms with Crippen LogP contribution in [0.4, 0.5) is 0 Å². The Balaban J connectivity index is 1.80. The highest BCUT2D eigenvalue weighted by atomic mass is 16.5. The molecule has 2 unspecified atom stereocenters. The van der Waals surface area contributed by atoms with Crippen LogP contribution in [0.5, 0.6) is 0 Å². The van der Waals surface area contributed by atoms with E-state index in [9.17, 15) is 0 Å². The van der Waals surface area contributed by atoms with Crippen LogP contribution in [0.2, 0.25) is 0 Å². The molecule has 1 N–H and O–H groups in total. The highest BCUT2D eigenvalue weighted by molar-refractivity contribution is 5.09. The topological polar surface area (TPSA) is 39.1 Å². The van der Waals surface area contributed by atoms with Gasteiger partial charge in [-0.25, -0.2) is 0 Å². The average Bonchev–Trinajstić information content (AvgIpc) is 2.96. The smallest absolute Gasteiger partial charge is 0.0537 e. The average molecular weight is 223 g/mol. The number of nitrogens with one attached hydrogen (secondary N) is 1. The van der Waals surface area contributed by atoms with Crippen LogP contribution >= 0.6 is 0 Å². The SMILES string of the molecule is CCn1cc(C(C)NCC2CCOC2)cn1. The molecule has 0 bridgehead atoms. The minimum atomic E-state index is 0.376. The molecule has 4 nitrogen and oxygen atoms in total. The van der Waals surface area contributed by atoms with E-state index >= 15 is 0 Å². The van der Waals surface area contributed by atoms with Crippen molar-refractivity contribution < 1.29 is 4.74 Å². The van der Waals surface area contributed by atoms with E-state index in [0.717, 1.165) is 26.3 Å². The third-order valence-electron chi connectivity index (χ3n) is 3.21. The molecule has 1 fully saturated rings. The van der Waals surface area contributed by atoms with Gasteiger partial charge in [0, 0.05) is 37.5 Å². The number of aromatic nitrogens is 2. The fourth-order valence-corrected chi connectivity index (χ4v) is 1.98. The monoisotopic (exact) mass is 223 g/mol. The Hall–Kier alpha value is -0.870. The Labute approximate surface area is 97.0 Å². The first-order chi connectivity index (χ1) is 7.79. The van der Waals surface area contributed by atoms with Gasteiger partial charge in [-0.2, -0.15) is 5.10 Å². The number of hydrogen-bond donors (Lipinski definition) is 1. The van der Waals surface area contributed by atoms with Crippen LogP contribution in [0, 0.1) is 5.92 Å². The van der Waals surface area contributed by atoms with E-state index in [1.54, 1.807) is 0 Å². The predicted molar refractivity (Wildman–Crippen MR) is 63.2 cm³/mol. The number of hydrogen-bond acceptors (Lipinski definition) is 3. The summed E-state index contributed by atoms with van der Waals surface area (Å²) in [6.07, 6.45) is 5.25. The summed E-state index contributed by atoms with van der Waals surface area (Å²) in [4.78, 5) is 0. The molecule has 1 saturated heterocycles. The van der Waals surface area contributed by atoms with Crippen LogP contribution in [0.15, 0.2) is 12.4 Å². The molecule has 1 aliphatic heterocycles. The minimum absolute atomic E-state index is 0.376. The lowest BCUT2D eigenvalue weighted by atomic mass is 10.1. The molecular weight excluding hydrogens is 202 g/mol. The molecule has 0 saturated carbocycles. The molecule has 1 aliphatic rings. The molecule has 2 heterocycles. The fraction of sp³-hybridized carbons (Fsp3) is 0.750. The maximum absolute atomic E-state index is 5.36. The van der Waals surface area contributed by atoms with E-state index in [0.29, 0.717) is 12.0 Å². The van der Waals surface area contributed by atoms with Crippen molar-refractivity contribution in [3.05, 3.63) is 18.0 Å². The van der Waals surface area contributed by atoms with Crippen molar-refractivity contribution in [3.63, 3.8) is 0 Å². The van der Waals surface area contributed by atoms with Crippen molar-refractivity contribution in [3.8, 4) is 0 Å². The van der Waals surface area contributed by atoms with Crippen LogP contribution in [0.1, 0.15) is 31.9 Å².